The Morgan fingerprint density at radius 2 is 2.25 bits per heavy atom. The predicted octanol–water partition coefficient (Wildman–Crippen LogP) is 2.69. The van der Waals surface area contributed by atoms with E-state index in [0.29, 0.717) is 11.7 Å². The summed E-state index contributed by atoms with van der Waals surface area (Å²) in [6, 6.07) is 2.06. The van der Waals surface area contributed by atoms with Crippen molar-refractivity contribution >= 4 is 21.7 Å². The Hall–Kier alpha value is -0.570. The Balaban J connectivity index is 2.36. The van der Waals surface area contributed by atoms with Gasteiger partial charge in [0.05, 0.1) is 4.47 Å². The standard InChI is InChI=1S/C9H11BrN2/c10-8-7(6-2-1-3-6)4-5-12-9(8)11/h4-6H,1-3H2,(H2,11,12). The largest absolute Gasteiger partial charge is 0.383 e. The van der Waals surface area contributed by atoms with Crippen LogP contribution in [0.5, 0.6) is 0 Å². The minimum atomic E-state index is 0.611. The van der Waals surface area contributed by atoms with E-state index in [-0.39, 0.29) is 0 Å². The molecule has 1 saturated carbocycles. The molecule has 64 valence electrons. The summed E-state index contributed by atoms with van der Waals surface area (Å²) in [5.41, 5.74) is 7.01. The highest BCUT2D eigenvalue weighted by molar-refractivity contribution is 9.10. The Bertz CT molecular complexity index is 295. The van der Waals surface area contributed by atoms with Gasteiger partial charge in [-0.1, -0.05) is 6.42 Å². The van der Waals surface area contributed by atoms with Crippen LogP contribution < -0.4 is 5.73 Å². The Morgan fingerprint density at radius 3 is 2.83 bits per heavy atom. The van der Waals surface area contributed by atoms with Crippen molar-refractivity contribution in [2.45, 2.75) is 25.2 Å². The molecule has 0 spiro atoms. The number of pyridine rings is 1. The lowest BCUT2D eigenvalue weighted by atomic mass is 9.80. The fourth-order valence-corrected chi connectivity index (χ4v) is 2.07. The number of nitrogens with two attached hydrogens (primary N) is 1. The first-order valence-corrected chi connectivity index (χ1v) is 4.98. The number of halogens is 1. The van der Waals surface area contributed by atoms with Gasteiger partial charge in [0.15, 0.2) is 0 Å². The van der Waals surface area contributed by atoms with Crippen LogP contribution in [0.4, 0.5) is 5.82 Å². The molecular weight excluding hydrogens is 216 g/mol. The van der Waals surface area contributed by atoms with Crippen molar-refractivity contribution in [3.8, 4) is 0 Å². The van der Waals surface area contributed by atoms with E-state index in [4.69, 9.17) is 5.73 Å². The molecule has 12 heavy (non-hydrogen) atoms. The van der Waals surface area contributed by atoms with Gasteiger partial charge >= 0.3 is 0 Å². The van der Waals surface area contributed by atoms with E-state index >= 15 is 0 Å². The fourth-order valence-electron chi connectivity index (χ4n) is 1.51. The lowest BCUT2D eigenvalue weighted by Crippen LogP contribution is -2.10. The van der Waals surface area contributed by atoms with Crippen LogP contribution in [0, 0.1) is 0 Å². The zero-order chi connectivity index (χ0) is 8.55. The second-order valence-corrected chi connectivity index (χ2v) is 4.02. The molecule has 0 atom stereocenters. The van der Waals surface area contributed by atoms with Gasteiger partial charge in [-0.25, -0.2) is 4.98 Å². The van der Waals surface area contributed by atoms with E-state index in [1.807, 2.05) is 0 Å². The molecule has 3 heteroatoms. The van der Waals surface area contributed by atoms with Crippen LogP contribution in [-0.4, -0.2) is 4.98 Å². The van der Waals surface area contributed by atoms with E-state index in [9.17, 15) is 0 Å². The molecule has 2 nitrogen and oxygen atoms in total. The summed E-state index contributed by atoms with van der Waals surface area (Å²) in [7, 11) is 0. The van der Waals surface area contributed by atoms with Crippen molar-refractivity contribution < 1.29 is 0 Å². The predicted molar refractivity (Wildman–Crippen MR) is 52.9 cm³/mol. The summed E-state index contributed by atoms with van der Waals surface area (Å²) in [6.07, 6.45) is 5.72. The first-order valence-electron chi connectivity index (χ1n) is 4.19. The number of nitrogens with zero attached hydrogens (tertiary/aromatic N) is 1. The second-order valence-electron chi connectivity index (χ2n) is 3.23. The number of rotatable bonds is 1. The molecule has 2 N–H and O–H groups in total. The van der Waals surface area contributed by atoms with Crippen LogP contribution >= 0.6 is 15.9 Å². The minimum Gasteiger partial charge on any atom is -0.383 e. The molecule has 1 heterocycles. The van der Waals surface area contributed by atoms with Gasteiger partial charge in [-0.3, -0.25) is 0 Å². The maximum Gasteiger partial charge on any atom is 0.137 e. The molecule has 0 aromatic carbocycles. The second kappa shape index (κ2) is 3.05. The Morgan fingerprint density at radius 1 is 1.50 bits per heavy atom. The maximum absolute atomic E-state index is 5.68. The minimum absolute atomic E-state index is 0.611. The Labute approximate surface area is 80.3 Å². The van der Waals surface area contributed by atoms with Gasteiger partial charge < -0.3 is 5.73 Å². The number of nitrogen functional groups attached to an aromatic ring is 1. The van der Waals surface area contributed by atoms with E-state index in [2.05, 4.69) is 27.0 Å². The van der Waals surface area contributed by atoms with E-state index in [1.165, 1.54) is 24.8 Å². The molecule has 0 aliphatic heterocycles. The molecule has 0 radical (unpaired) electrons. The summed E-state index contributed by atoms with van der Waals surface area (Å²) < 4.78 is 0.995. The van der Waals surface area contributed by atoms with Crippen molar-refractivity contribution in [3.05, 3.63) is 22.3 Å². The van der Waals surface area contributed by atoms with Crippen molar-refractivity contribution in [1.82, 2.24) is 4.98 Å². The molecule has 0 amide bonds. The van der Waals surface area contributed by atoms with Gasteiger partial charge in [0.2, 0.25) is 0 Å². The lowest BCUT2D eigenvalue weighted by molar-refractivity contribution is 0.418. The summed E-state index contributed by atoms with van der Waals surface area (Å²) in [6.45, 7) is 0. The van der Waals surface area contributed by atoms with E-state index in [1.54, 1.807) is 6.20 Å². The SMILES string of the molecule is Nc1nccc(C2CCC2)c1Br. The molecule has 1 fully saturated rings. The summed E-state index contributed by atoms with van der Waals surface area (Å²) in [4.78, 5) is 4.01. The summed E-state index contributed by atoms with van der Waals surface area (Å²) in [5, 5.41) is 0. The van der Waals surface area contributed by atoms with Gasteiger partial charge in [-0.05, 0) is 46.3 Å². The number of hydrogen-bond acceptors (Lipinski definition) is 2. The molecule has 1 aromatic heterocycles. The molecule has 1 aliphatic rings. The van der Waals surface area contributed by atoms with E-state index in [0.717, 1.165) is 4.47 Å². The van der Waals surface area contributed by atoms with Crippen LogP contribution in [-0.2, 0) is 0 Å². The molecule has 1 aliphatic carbocycles. The molecule has 0 bridgehead atoms. The average Bonchev–Trinajstić information content (AvgIpc) is 1.95. The van der Waals surface area contributed by atoms with Gasteiger partial charge in [0.1, 0.15) is 5.82 Å². The molecular formula is C9H11BrN2. The Kier molecular flexibility index (Phi) is 2.05. The number of aromatic nitrogens is 1. The van der Waals surface area contributed by atoms with E-state index < -0.39 is 0 Å². The first kappa shape index (κ1) is 8.05. The number of anilines is 1. The van der Waals surface area contributed by atoms with Gasteiger partial charge in [-0.2, -0.15) is 0 Å². The average molecular weight is 227 g/mol. The summed E-state index contributed by atoms with van der Waals surface area (Å²) in [5.74, 6) is 1.32. The van der Waals surface area contributed by atoms with Crippen LogP contribution in [0.25, 0.3) is 0 Å². The smallest absolute Gasteiger partial charge is 0.137 e. The monoisotopic (exact) mass is 226 g/mol. The summed E-state index contributed by atoms with van der Waals surface area (Å²) >= 11 is 3.47. The molecule has 1 aromatic rings. The van der Waals surface area contributed by atoms with Crippen molar-refractivity contribution in [2.24, 2.45) is 0 Å². The highest BCUT2D eigenvalue weighted by Gasteiger charge is 2.22. The van der Waals surface area contributed by atoms with Gasteiger partial charge in [-0.15, -0.1) is 0 Å². The zero-order valence-electron chi connectivity index (χ0n) is 6.76. The van der Waals surface area contributed by atoms with Gasteiger partial charge in [0.25, 0.3) is 0 Å². The molecule has 0 unspecified atom stereocenters. The van der Waals surface area contributed by atoms with Crippen molar-refractivity contribution in [3.63, 3.8) is 0 Å². The highest BCUT2D eigenvalue weighted by atomic mass is 79.9. The number of hydrogen-bond donors (Lipinski definition) is 1. The highest BCUT2D eigenvalue weighted by Crippen LogP contribution is 2.40. The quantitative estimate of drug-likeness (QED) is 0.800. The third-order valence-electron chi connectivity index (χ3n) is 2.49. The third-order valence-corrected chi connectivity index (χ3v) is 3.36. The normalized spacial score (nSPS) is 17.4. The zero-order valence-corrected chi connectivity index (χ0v) is 8.34. The lowest BCUT2D eigenvalue weighted by Gasteiger charge is -2.26. The topological polar surface area (TPSA) is 38.9 Å². The third kappa shape index (κ3) is 1.22. The first-order chi connectivity index (χ1) is 5.79. The van der Waals surface area contributed by atoms with Crippen LogP contribution in [0.3, 0.4) is 0 Å². The maximum atomic E-state index is 5.68. The fraction of sp³-hybridized carbons (Fsp3) is 0.444. The van der Waals surface area contributed by atoms with Crippen LogP contribution in [0.1, 0.15) is 30.7 Å². The van der Waals surface area contributed by atoms with Gasteiger partial charge in [0, 0.05) is 6.20 Å². The van der Waals surface area contributed by atoms with Crippen molar-refractivity contribution in [2.75, 3.05) is 5.73 Å². The molecule has 0 saturated heterocycles. The van der Waals surface area contributed by atoms with Crippen LogP contribution in [0.15, 0.2) is 16.7 Å². The van der Waals surface area contributed by atoms with Crippen molar-refractivity contribution in [1.29, 1.82) is 0 Å². The van der Waals surface area contributed by atoms with Crippen LogP contribution in [0.2, 0.25) is 0 Å². The molecule has 2 rings (SSSR count).